The molecular weight excluding hydrogens is 158 g/mol. The second kappa shape index (κ2) is 3.85. The second-order valence-corrected chi connectivity index (χ2v) is 2.70. The Bertz CT molecular complexity index is 243. The molecule has 12 heavy (non-hydrogen) atoms. The molecule has 0 fully saturated rings. The summed E-state index contributed by atoms with van der Waals surface area (Å²) in [4.78, 5) is 11.0. The Hall–Kier alpha value is -1.39. The summed E-state index contributed by atoms with van der Waals surface area (Å²) in [5, 5.41) is 9.74. The number of hydrogen-bond acceptors (Lipinski definition) is 4. The molecule has 1 rings (SSSR count). The maximum atomic E-state index is 11.0. The zero-order valence-electron chi connectivity index (χ0n) is 7.07. The number of aromatic nitrogens is 2. The number of nitrogens with one attached hydrogen (secondary N) is 1. The summed E-state index contributed by atoms with van der Waals surface area (Å²) in [6, 6.07) is 0. The third-order valence-electron chi connectivity index (χ3n) is 1.34. The minimum Gasteiger partial charge on any atom is -0.426 e. The zero-order chi connectivity index (χ0) is 8.97. The molecule has 0 unspecified atom stereocenters. The lowest BCUT2D eigenvalue weighted by molar-refractivity contribution is -0.124. The topological polar surface area (TPSA) is 68.0 Å². The van der Waals surface area contributed by atoms with Crippen LogP contribution in [-0.4, -0.2) is 16.1 Å². The molecule has 0 aliphatic carbocycles. The fourth-order valence-corrected chi connectivity index (χ4v) is 0.640. The summed E-state index contributed by atoms with van der Waals surface area (Å²) in [5.74, 6) is 0.380. The van der Waals surface area contributed by atoms with Crippen molar-refractivity contribution in [1.82, 2.24) is 15.5 Å². The highest BCUT2D eigenvalue weighted by molar-refractivity contribution is 5.77. The SMILES string of the molecule is CC(C)C(=O)NCc1nnco1. The molecule has 1 amide bonds. The minimum absolute atomic E-state index is 0.0202. The van der Waals surface area contributed by atoms with Gasteiger partial charge >= 0.3 is 0 Å². The fourth-order valence-electron chi connectivity index (χ4n) is 0.640. The molecule has 5 heteroatoms. The molecule has 0 saturated heterocycles. The molecule has 66 valence electrons. The van der Waals surface area contributed by atoms with Crippen LogP contribution in [0.1, 0.15) is 19.7 Å². The lowest BCUT2D eigenvalue weighted by Gasteiger charge is -2.03. The van der Waals surface area contributed by atoms with Crippen molar-refractivity contribution >= 4 is 5.91 Å². The highest BCUT2D eigenvalue weighted by Gasteiger charge is 2.07. The van der Waals surface area contributed by atoms with E-state index in [2.05, 4.69) is 15.5 Å². The summed E-state index contributed by atoms with van der Waals surface area (Å²) in [5.41, 5.74) is 0. The number of nitrogens with zero attached hydrogens (tertiary/aromatic N) is 2. The number of hydrogen-bond donors (Lipinski definition) is 1. The molecule has 0 aliphatic rings. The quantitative estimate of drug-likeness (QED) is 0.708. The van der Waals surface area contributed by atoms with Crippen LogP contribution in [-0.2, 0) is 11.3 Å². The molecule has 1 N–H and O–H groups in total. The molecule has 1 aromatic rings. The Morgan fingerprint density at radius 1 is 1.75 bits per heavy atom. The van der Waals surface area contributed by atoms with Crippen molar-refractivity contribution in [3.63, 3.8) is 0 Å². The summed E-state index contributed by atoms with van der Waals surface area (Å²) < 4.78 is 4.83. The number of amides is 1. The van der Waals surface area contributed by atoms with E-state index in [0.29, 0.717) is 12.4 Å². The Balaban J connectivity index is 2.32. The van der Waals surface area contributed by atoms with E-state index in [4.69, 9.17) is 4.42 Å². The first-order valence-electron chi connectivity index (χ1n) is 3.73. The summed E-state index contributed by atoms with van der Waals surface area (Å²) in [6.45, 7) is 3.95. The maximum absolute atomic E-state index is 11.0. The van der Waals surface area contributed by atoms with Gasteiger partial charge in [-0.3, -0.25) is 4.79 Å². The third-order valence-corrected chi connectivity index (χ3v) is 1.34. The van der Waals surface area contributed by atoms with Crippen molar-refractivity contribution in [2.24, 2.45) is 5.92 Å². The monoisotopic (exact) mass is 169 g/mol. The van der Waals surface area contributed by atoms with E-state index in [1.807, 2.05) is 13.8 Å². The number of rotatable bonds is 3. The van der Waals surface area contributed by atoms with Gasteiger partial charge in [-0.1, -0.05) is 13.8 Å². The van der Waals surface area contributed by atoms with Crippen LogP contribution in [0.15, 0.2) is 10.8 Å². The van der Waals surface area contributed by atoms with Crippen LogP contribution >= 0.6 is 0 Å². The highest BCUT2D eigenvalue weighted by atomic mass is 16.4. The van der Waals surface area contributed by atoms with Crippen LogP contribution < -0.4 is 5.32 Å². The molecule has 1 heterocycles. The van der Waals surface area contributed by atoms with Crippen molar-refractivity contribution in [2.45, 2.75) is 20.4 Å². The second-order valence-electron chi connectivity index (χ2n) is 2.70. The van der Waals surface area contributed by atoms with Crippen LogP contribution in [0, 0.1) is 5.92 Å². The van der Waals surface area contributed by atoms with Gasteiger partial charge in [-0.15, -0.1) is 10.2 Å². The fraction of sp³-hybridized carbons (Fsp3) is 0.571. The normalized spacial score (nSPS) is 10.2. The van der Waals surface area contributed by atoms with E-state index in [0.717, 1.165) is 0 Å². The van der Waals surface area contributed by atoms with Gasteiger partial charge in [0.15, 0.2) is 0 Å². The van der Waals surface area contributed by atoms with Gasteiger partial charge in [0.1, 0.15) is 0 Å². The molecule has 0 spiro atoms. The number of carbonyl (C=O) groups is 1. The summed E-state index contributed by atoms with van der Waals surface area (Å²) in [7, 11) is 0. The van der Waals surface area contributed by atoms with E-state index in [9.17, 15) is 4.79 Å². The average molecular weight is 169 g/mol. The lowest BCUT2D eigenvalue weighted by atomic mass is 10.2. The first-order chi connectivity index (χ1) is 5.70. The predicted molar refractivity (Wildman–Crippen MR) is 41.0 cm³/mol. The maximum Gasteiger partial charge on any atom is 0.235 e. The Labute approximate surface area is 70.2 Å². The predicted octanol–water partition coefficient (Wildman–Crippen LogP) is 0.342. The van der Waals surface area contributed by atoms with E-state index in [1.165, 1.54) is 6.39 Å². The summed E-state index contributed by atoms with van der Waals surface area (Å²) in [6.07, 6.45) is 1.23. The average Bonchev–Trinajstić information content (AvgIpc) is 2.51. The molecule has 0 aromatic carbocycles. The van der Waals surface area contributed by atoms with Gasteiger partial charge in [0.05, 0.1) is 6.54 Å². The Morgan fingerprint density at radius 3 is 3.00 bits per heavy atom. The minimum atomic E-state index is -0.0204. The van der Waals surface area contributed by atoms with Crippen LogP contribution in [0.2, 0.25) is 0 Å². The Morgan fingerprint density at radius 2 is 2.50 bits per heavy atom. The van der Waals surface area contributed by atoms with Gasteiger partial charge in [-0.05, 0) is 0 Å². The van der Waals surface area contributed by atoms with Gasteiger partial charge in [0, 0.05) is 5.92 Å². The largest absolute Gasteiger partial charge is 0.426 e. The summed E-state index contributed by atoms with van der Waals surface area (Å²) >= 11 is 0. The van der Waals surface area contributed by atoms with Gasteiger partial charge in [-0.2, -0.15) is 0 Å². The van der Waals surface area contributed by atoms with Gasteiger partial charge < -0.3 is 9.73 Å². The molecule has 0 saturated carbocycles. The molecular formula is C7H11N3O2. The van der Waals surface area contributed by atoms with Crippen molar-refractivity contribution in [1.29, 1.82) is 0 Å². The molecule has 0 bridgehead atoms. The molecule has 0 radical (unpaired) electrons. The first-order valence-corrected chi connectivity index (χ1v) is 3.73. The van der Waals surface area contributed by atoms with Gasteiger partial charge in [0.25, 0.3) is 0 Å². The first kappa shape index (κ1) is 8.70. The van der Waals surface area contributed by atoms with E-state index in [-0.39, 0.29) is 11.8 Å². The molecule has 1 aromatic heterocycles. The van der Waals surface area contributed by atoms with Crippen LogP contribution in [0.3, 0.4) is 0 Å². The van der Waals surface area contributed by atoms with Crippen LogP contribution in [0.25, 0.3) is 0 Å². The van der Waals surface area contributed by atoms with Crippen LogP contribution in [0.4, 0.5) is 0 Å². The Kier molecular flexibility index (Phi) is 2.79. The molecule has 5 nitrogen and oxygen atoms in total. The van der Waals surface area contributed by atoms with Crippen molar-refractivity contribution in [3.8, 4) is 0 Å². The standard InChI is InChI=1S/C7H11N3O2/c1-5(2)7(11)8-3-6-10-9-4-12-6/h4-5H,3H2,1-2H3,(H,8,11). The van der Waals surface area contributed by atoms with Crippen LogP contribution in [0.5, 0.6) is 0 Å². The zero-order valence-corrected chi connectivity index (χ0v) is 7.07. The van der Waals surface area contributed by atoms with Gasteiger partial charge in [0.2, 0.25) is 18.2 Å². The lowest BCUT2D eigenvalue weighted by Crippen LogP contribution is -2.27. The number of carbonyl (C=O) groups excluding carboxylic acids is 1. The molecule has 0 aliphatic heterocycles. The van der Waals surface area contributed by atoms with Crippen molar-refractivity contribution < 1.29 is 9.21 Å². The van der Waals surface area contributed by atoms with Crippen molar-refractivity contribution in [2.75, 3.05) is 0 Å². The van der Waals surface area contributed by atoms with E-state index in [1.54, 1.807) is 0 Å². The van der Waals surface area contributed by atoms with Gasteiger partial charge in [-0.25, -0.2) is 0 Å². The van der Waals surface area contributed by atoms with E-state index >= 15 is 0 Å². The van der Waals surface area contributed by atoms with E-state index < -0.39 is 0 Å². The smallest absolute Gasteiger partial charge is 0.235 e. The third kappa shape index (κ3) is 2.34. The highest BCUT2D eigenvalue weighted by Crippen LogP contribution is 1.94. The molecule has 0 atom stereocenters. The van der Waals surface area contributed by atoms with Crippen molar-refractivity contribution in [3.05, 3.63) is 12.3 Å².